The lowest BCUT2D eigenvalue weighted by Gasteiger charge is -2.22. The highest BCUT2D eigenvalue weighted by molar-refractivity contribution is 6.79. The van der Waals surface area contributed by atoms with E-state index in [9.17, 15) is 26.3 Å². The zero-order valence-corrected chi connectivity index (χ0v) is 11.5. The summed E-state index contributed by atoms with van der Waals surface area (Å²) >= 11 is 0. The molecule has 1 rings (SSSR count). The summed E-state index contributed by atoms with van der Waals surface area (Å²) in [7, 11) is -2.05. The summed E-state index contributed by atoms with van der Waals surface area (Å²) in [6.07, 6.45) is -9.62. The Labute approximate surface area is 107 Å². The summed E-state index contributed by atoms with van der Waals surface area (Å²) in [5.41, 5.74) is -2.76. The molecule has 1 N–H and O–H groups in total. The Bertz CT molecular complexity index is 425. The van der Waals surface area contributed by atoms with Crippen molar-refractivity contribution in [2.24, 2.45) is 0 Å². The molecule has 108 valence electrons. The van der Waals surface area contributed by atoms with Gasteiger partial charge in [0, 0.05) is 5.69 Å². The van der Waals surface area contributed by atoms with Crippen LogP contribution < -0.4 is 4.98 Å². The Kier molecular flexibility index (Phi) is 3.95. The number of hydrogen-bond acceptors (Lipinski definition) is 1. The van der Waals surface area contributed by atoms with Crippen LogP contribution in [-0.4, -0.2) is 8.24 Å². The lowest BCUT2D eigenvalue weighted by molar-refractivity contribution is -0.143. The minimum Gasteiger partial charge on any atom is -0.411 e. The highest BCUT2D eigenvalue weighted by atomic mass is 28.3. The second-order valence-electron chi connectivity index (χ2n) is 5.17. The standard InChI is InChI=1S/C11H13F6NSi/c1-19(2,3)18-9-5-7(10(12,13)14)4-8(6-9)11(15,16)17/h4-6,18H,1-3H3. The zero-order chi connectivity index (χ0) is 15.1. The van der Waals surface area contributed by atoms with Gasteiger partial charge in [-0.05, 0) is 18.2 Å². The number of alkyl halides is 6. The smallest absolute Gasteiger partial charge is 0.411 e. The molecule has 0 amide bonds. The first-order chi connectivity index (χ1) is 8.29. The van der Waals surface area contributed by atoms with Crippen LogP contribution >= 0.6 is 0 Å². The van der Waals surface area contributed by atoms with Crippen LogP contribution in [0.4, 0.5) is 32.0 Å². The van der Waals surface area contributed by atoms with Crippen molar-refractivity contribution in [1.82, 2.24) is 0 Å². The molecule has 0 saturated carbocycles. The molecule has 0 radical (unpaired) electrons. The van der Waals surface area contributed by atoms with Gasteiger partial charge in [0.1, 0.15) is 8.24 Å². The van der Waals surface area contributed by atoms with Crippen molar-refractivity contribution in [3.63, 3.8) is 0 Å². The van der Waals surface area contributed by atoms with E-state index in [1.54, 1.807) is 19.6 Å². The zero-order valence-electron chi connectivity index (χ0n) is 10.5. The molecule has 0 aliphatic carbocycles. The van der Waals surface area contributed by atoms with Gasteiger partial charge in [0.05, 0.1) is 11.1 Å². The summed E-state index contributed by atoms with van der Waals surface area (Å²) in [6, 6.07) is 1.52. The molecule has 1 nitrogen and oxygen atoms in total. The highest BCUT2D eigenvalue weighted by Gasteiger charge is 2.37. The predicted molar refractivity (Wildman–Crippen MR) is 63.4 cm³/mol. The van der Waals surface area contributed by atoms with Gasteiger partial charge >= 0.3 is 12.4 Å². The van der Waals surface area contributed by atoms with E-state index < -0.39 is 31.7 Å². The third-order valence-electron chi connectivity index (χ3n) is 2.11. The van der Waals surface area contributed by atoms with Gasteiger partial charge in [-0.25, -0.2) is 0 Å². The van der Waals surface area contributed by atoms with E-state index in [0.717, 1.165) is 0 Å². The molecule has 0 aliphatic rings. The topological polar surface area (TPSA) is 12.0 Å². The number of benzene rings is 1. The maximum Gasteiger partial charge on any atom is 0.416 e. The number of nitrogens with one attached hydrogen (secondary N) is 1. The van der Waals surface area contributed by atoms with Crippen molar-refractivity contribution in [1.29, 1.82) is 0 Å². The average Bonchev–Trinajstić information content (AvgIpc) is 2.11. The van der Waals surface area contributed by atoms with Gasteiger partial charge in [0.2, 0.25) is 0 Å². The van der Waals surface area contributed by atoms with Crippen LogP contribution in [0.2, 0.25) is 19.6 Å². The Balaban J connectivity index is 3.33. The molecule has 0 aromatic heterocycles. The Morgan fingerprint density at radius 1 is 0.789 bits per heavy atom. The monoisotopic (exact) mass is 301 g/mol. The van der Waals surface area contributed by atoms with Gasteiger partial charge in [-0.1, -0.05) is 19.6 Å². The predicted octanol–water partition coefficient (Wildman–Crippen LogP) is 4.97. The van der Waals surface area contributed by atoms with Crippen LogP contribution in [0.1, 0.15) is 11.1 Å². The van der Waals surface area contributed by atoms with Crippen molar-refractivity contribution >= 4 is 13.9 Å². The molecular formula is C11H13F6NSi. The van der Waals surface area contributed by atoms with Gasteiger partial charge < -0.3 is 4.98 Å². The van der Waals surface area contributed by atoms with Crippen molar-refractivity contribution in [3.05, 3.63) is 29.3 Å². The molecule has 8 heteroatoms. The molecule has 0 spiro atoms. The molecular weight excluding hydrogens is 288 g/mol. The minimum absolute atomic E-state index is 0.120. The Hall–Kier alpha value is -1.18. The summed E-state index contributed by atoms with van der Waals surface area (Å²) in [4.78, 5) is 2.74. The van der Waals surface area contributed by atoms with E-state index in [-0.39, 0.29) is 11.8 Å². The van der Waals surface area contributed by atoms with Gasteiger partial charge in [0.15, 0.2) is 0 Å². The van der Waals surface area contributed by atoms with Gasteiger partial charge in [-0.2, -0.15) is 26.3 Å². The molecule has 1 aromatic rings. The summed E-state index contributed by atoms with van der Waals surface area (Å²) < 4.78 is 75.5. The molecule has 0 heterocycles. The number of anilines is 1. The van der Waals surface area contributed by atoms with Crippen molar-refractivity contribution in [2.75, 3.05) is 4.98 Å². The third-order valence-corrected chi connectivity index (χ3v) is 3.15. The maximum atomic E-state index is 12.6. The van der Waals surface area contributed by atoms with Crippen LogP contribution in [0, 0.1) is 0 Å². The Morgan fingerprint density at radius 2 is 1.16 bits per heavy atom. The molecule has 0 unspecified atom stereocenters. The first-order valence-electron chi connectivity index (χ1n) is 5.37. The van der Waals surface area contributed by atoms with E-state index >= 15 is 0 Å². The van der Waals surface area contributed by atoms with E-state index in [1.807, 2.05) is 0 Å². The lowest BCUT2D eigenvalue weighted by Crippen LogP contribution is -2.32. The normalized spacial score (nSPS) is 13.5. The number of hydrogen-bond donors (Lipinski definition) is 1. The van der Waals surface area contributed by atoms with Crippen molar-refractivity contribution in [3.8, 4) is 0 Å². The fourth-order valence-electron chi connectivity index (χ4n) is 1.46. The molecule has 1 aromatic carbocycles. The minimum atomic E-state index is -4.81. The van der Waals surface area contributed by atoms with E-state index in [0.29, 0.717) is 12.1 Å². The van der Waals surface area contributed by atoms with Crippen molar-refractivity contribution in [2.45, 2.75) is 32.0 Å². The molecule has 0 saturated heterocycles. The second-order valence-corrected chi connectivity index (χ2v) is 9.92. The molecule has 0 aliphatic heterocycles. The molecule has 0 bridgehead atoms. The maximum absolute atomic E-state index is 12.6. The van der Waals surface area contributed by atoms with E-state index in [1.165, 1.54) is 0 Å². The first-order valence-corrected chi connectivity index (χ1v) is 8.87. The molecule has 19 heavy (non-hydrogen) atoms. The number of halogens is 6. The quantitative estimate of drug-likeness (QED) is 0.600. The van der Waals surface area contributed by atoms with Crippen LogP contribution in [0.5, 0.6) is 0 Å². The van der Waals surface area contributed by atoms with Crippen LogP contribution in [0.25, 0.3) is 0 Å². The van der Waals surface area contributed by atoms with Crippen LogP contribution in [-0.2, 0) is 12.4 Å². The first kappa shape index (κ1) is 15.9. The van der Waals surface area contributed by atoms with Gasteiger partial charge in [-0.3, -0.25) is 0 Å². The largest absolute Gasteiger partial charge is 0.416 e. The van der Waals surface area contributed by atoms with E-state index in [4.69, 9.17) is 0 Å². The second kappa shape index (κ2) is 4.73. The Morgan fingerprint density at radius 3 is 1.42 bits per heavy atom. The fourth-order valence-corrected chi connectivity index (χ4v) is 2.47. The third kappa shape index (κ3) is 4.77. The summed E-state index contributed by atoms with van der Waals surface area (Å²) in [5, 5.41) is 0. The average molecular weight is 301 g/mol. The van der Waals surface area contributed by atoms with Gasteiger partial charge in [0.25, 0.3) is 0 Å². The summed E-state index contributed by atoms with van der Waals surface area (Å²) in [5.74, 6) is 0. The molecule has 0 fully saturated rings. The lowest BCUT2D eigenvalue weighted by atomic mass is 10.1. The van der Waals surface area contributed by atoms with Crippen LogP contribution in [0.3, 0.4) is 0 Å². The molecule has 0 atom stereocenters. The highest BCUT2D eigenvalue weighted by Crippen LogP contribution is 2.37. The SMILES string of the molecule is C[Si](C)(C)Nc1cc(C(F)(F)F)cc(C(F)(F)F)c1. The summed E-state index contributed by atoms with van der Waals surface area (Å²) in [6.45, 7) is 5.33. The van der Waals surface area contributed by atoms with Gasteiger partial charge in [-0.15, -0.1) is 0 Å². The van der Waals surface area contributed by atoms with Crippen LogP contribution in [0.15, 0.2) is 18.2 Å². The van der Waals surface area contributed by atoms with E-state index in [2.05, 4.69) is 4.98 Å². The fraction of sp³-hybridized carbons (Fsp3) is 0.455. The van der Waals surface area contributed by atoms with Crippen molar-refractivity contribution < 1.29 is 26.3 Å². The number of rotatable bonds is 2.